The Hall–Kier alpha value is -3.55. The molecule has 0 atom stereocenters. The average Bonchev–Trinajstić information content (AvgIpc) is 2.86. The number of hydrogen-bond donors (Lipinski definition) is 1. The molecule has 0 fully saturated rings. The Kier molecular flexibility index (Phi) is 10.2. The van der Waals surface area contributed by atoms with E-state index in [4.69, 9.17) is 9.47 Å². The number of carbonyl (C=O) groups is 1. The number of ether oxygens (including phenoxy) is 2. The molecule has 1 N–H and O–H groups in total. The smallest absolute Gasteiger partial charge is 0.305 e. The quantitative estimate of drug-likeness (QED) is 0.149. The van der Waals surface area contributed by atoms with Gasteiger partial charge in [0.1, 0.15) is 6.61 Å². The summed E-state index contributed by atoms with van der Waals surface area (Å²) in [5.74, 6) is -0.314. The van der Waals surface area contributed by atoms with Gasteiger partial charge in [0.05, 0.1) is 0 Å². The second-order valence-electron chi connectivity index (χ2n) is 8.90. The molecule has 0 aliphatic carbocycles. The molecule has 0 aliphatic heterocycles. The molecule has 0 saturated carbocycles. The van der Waals surface area contributed by atoms with Gasteiger partial charge in [-0.3, -0.25) is 14.9 Å². The van der Waals surface area contributed by atoms with Crippen molar-refractivity contribution >= 4 is 5.97 Å². The summed E-state index contributed by atoms with van der Waals surface area (Å²) in [6, 6.07) is 24.8. The van der Waals surface area contributed by atoms with Gasteiger partial charge in [0.15, 0.2) is 5.60 Å². The first-order valence-corrected chi connectivity index (χ1v) is 12.2. The average molecular weight is 491 g/mol. The minimum Gasteiger partial charge on any atom is -0.464 e. The first kappa shape index (κ1) is 27.0. The molecule has 7 heteroatoms. The maximum atomic E-state index is 12.2. The standard InChI is InChI=1S/C29H34N2O5/c1-23-18-24(2)20-25(19-23)21-30-15-17-35-28(32)14-9-16-36-29(22-31(33)34,26-10-5-3-6-11-26)27-12-7-4-8-13-27/h3-8,10-13,18-20,30H,9,14-17,21-22H2,1-2H3. The molecule has 0 bridgehead atoms. The SMILES string of the molecule is Cc1cc(C)cc(CNCCOC(=O)CCCOC(C[N+](=O)[O-])(c2ccccc2)c2ccccc2)c1. The second-order valence-corrected chi connectivity index (χ2v) is 8.90. The Balaban J connectivity index is 1.48. The maximum absolute atomic E-state index is 12.2. The van der Waals surface area contributed by atoms with Crippen molar-refractivity contribution in [1.82, 2.24) is 5.32 Å². The van der Waals surface area contributed by atoms with Crippen LogP contribution in [-0.2, 0) is 26.4 Å². The van der Waals surface area contributed by atoms with Crippen LogP contribution in [0, 0.1) is 24.0 Å². The molecular weight excluding hydrogens is 456 g/mol. The van der Waals surface area contributed by atoms with Crippen LogP contribution in [0.2, 0.25) is 0 Å². The van der Waals surface area contributed by atoms with Gasteiger partial charge in [0.2, 0.25) is 6.54 Å². The third-order valence-electron chi connectivity index (χ3n) is 5.86. The van der Waals surface area contributed by atoms with Crippen molar-refractivity contribution in [3.8, 4) is 0 Å². The summed E-state index contributed by atoms with van der Waals surface area (Å²) in [5.41, 5.74) is 3.81. The van der Waals surface area contributed by atoms with E-state index in [0.29, 0.717) is 30.6 Å². The van der Waals surface area contributed by atoms with Crippen LogP contribution in [0.3, 0.4) is 0 Å². The summed E-state index contributed by atoms with van der Waals surface area (Å²) in [7, 11) is 0. The monoisotopic (exact) mass is 490 g/mol. The zero-order chi connectivity index (χ0) is 25.8. The molecule has 0 unspecified atom stereocenters. The van der Waals surface area contributed by atoms with Gasteiger partial charge in [-0.2, -0.15) is 0 Å². The van der Waals surface area contributed by atoms with Gasteiger partial charge in [-0.25, -0.2) is 0 Å². The van der Waals surface area contributed by atoms with Crippen molar-refractivity contribution in [1.29, 1.82) is 0 Å². The fourth-order valence-corrected chi connectivity index (χ4v) is 4.33. The van der Waals surface area contributed by atoms with E-state index in [1.165, 1.54) is 16.7 Å². The van der Waals surface area contributed by atoms with Crippen LogP contribution in [0.15, 0.2) is 78.9 Å². The molecule has 0 radical (unpaired) electrons. The van der Waals surface area contributed by atoms with Crippen molar-refractivity contribution < 1.29 is 19.2 Å². The second kappa shape index (κ2) is 13.5. The summed E-state index contributed by atoms with van der Waals surface area (Å²) in [6.07, 6.45) is 0.573. The summed E-state index contributed by atoms with van der Waals surface area (Å²) in [4.78, 5) is 23.5. The predicted octanol–water partition coefficient (Wildman–Crippen LogP) is 4.95. The molecule has 3 rings (SSSR count). The highest BCUT2D eigenvalue weighted by Gasteiger charge is 2.40. The number of esters is 1. The fourth-order valence-electron chi connectivity index (χ4n) is 4.33. The van der Waals surface area contributed by atoms with Crippen LogP contribution in [0.25, 0.3) is 0 Å². The number of carbonyl (C=O) groups excluding carboxylic acids is 1. The predicted molar refractivity (Wildman–Crippen MR) is 139 cm³/mol. The molecule has 0 aliphatic rings. The Labute approximate surface area is 212 Å². The minimum atomic E-state index is -1.24. The van der Waals surface area contributed by atoms with Crippen LogP contribution in [0.5, 0.6) is 0 Å². The topological polar surface area (TPSA) is 90.7 Å². The lowest BCUT2D eigenvalue weighted by Crippen LogP contribution is -2.39. The first-order valence-electron chi connectivity index (χ1n) is 12.2. The summed E-state index contributed by atoms with van der Waals surface area (Å²) >= 11 is 0. The molecule has 7 nitrogen and oxygen atoms in total. The number of nitro groups is 1. The van der Waals surface area contributed by atoms with Crippen LogP contribution >= 0.6 is 0 Å². The molecule has 36 heavy (non-hydrogen) atoms. The van der Waals surface area contributed by atoms with E-state index in [1.807, 2.05) is 60.7 Å². The van der Waals surface area contributed by atoms with Crippen molar-refractivity contribution in [2.75, 3.05) is 26.3 Å². The number of benzene rings is 3. The lowest BCUT2D eigenvalue weighted by Gasteiger charge is -2.31. The molecule has 190 valence electrons. The maximum Gasteiger partial charge on any atom is 0.305 e. The van der Waals surface area contributed by atoms with Crippen molar-refractivity contribution in [3.05, 3.63) is 117 Å². The first-order chi connectivity index (χ1) is 17.4. The molecule has 0 saturated heterocycles. The zero-order valence-corrected chi connectivity index (χ0v) is 20.9. The normalized spacial score (nSPS) is 11.3. The molecule has 3 aromatic rings. The van der Waals surface area contributed by atoms with E-state index in [-0.39, 0.29) is 30.5 Å². The summed E-state index contributed by atoms with van der Waals surface area (Å²) < 4.78 is 11.5. The number of aryl methyl sites for hydroxylation is 2. The highest BCUT2D eigenvalue weighted by Crippen LogP contribution is 2.34. The van der Waals surface area contributed by atoms with Gasteiger partial charge in [-0.1, -0.05) is 90.0 Å². The lowest BCUT2D eigenvalue weighted by molar-refractivity contribution is -0.501. The van der Waals surface area contributed by atoms with Crippen molar-refractivity contribution in [2.24, 2.45) is 0 Å². The number of hydrogen-bond acceptors (Lipinski definition) is 6. The van der Waals surface area contributed by atoms with E-state index in [2.05, 4.69) is 37.4 Å². The number of nitrogens with one attached hydrogen (secondary N) is 1. The van der Waals surface area contributed by atoms with E-state index >= 15 is 0 Å². The van der Waals surface area contributed by atoms with Gasteiger partial charge < -0.3 is 14.8 Å². The van der Waals surface area contributed by atoms with Crippen LogP contribution < -0.4 is 5.32 Å². The molecule has 0 heterocycles. The van der Waals surface area contributed by atoms with E-state index in [9.17, 15) is 14.9 Å². The number of rotatable bonds is 14. The van der Waals surface area contributed by atoms with E-state index in [0.717, 1.165) is 0 Å². The van der Waals surface area contributed by atoms with Gasteiger partial charge in [-0.15, -0.1) is 0 Å². The van der Waals surface area contributed by atoms with E-state index in [1.54, 1.807) is 0 Å². The Morgan fingerprint density at radius 1 is 0.917 bits per heavy atom. The van der Waals surface area contributed by atoms with Crippen molar-refractivity contribution in [3.63, 3.8) is 0 Å². The molecule has 0 spiro atoms. The fraction of sp³-hybridized carbons (Fsp3) is 0.345. The molecular formula is C29H34N2O5. The third-order valence-corrected chi connectivity index (χ3v) is 5.86. The molecule has 0 aromatic heterocycles. The van der Waals surface area contributed by atoms with Gasteiger partial charge in [0, 0.05) is 31.0 Å². The Morgan fingerprint density at radius 2 is 1.50 bits per heavy atom. The van der Waals surface area contributed by atoms with Gasteiger partial charge >= 0.3 is 5.97 Å². The zero-order valence-electron chi connectivity index (χ0n) is 20.9. The van der Waals surface area contributed by atoms with Crippen LogP contribution in [-0.4, -0.2) is 37.2 Å². The van der Waals surface area contributed by atoms with E-state index < -0.39 is 12.1 Å². The molecule has 3 aromatic carbocycles. The largest absolute Gasteiger partial charge is 0.464 e. The number of nitrogens with zero attached hydrogens (tertiary/aromatic N) is 1. The highest BCUT2D eigenvalue weighted by molar-refractivity contribution is 5.69. The van der Waals surface area contributed by atoms with Gasteiger partial charge in [-0.05, 0) is 37.0 Å². The van der Waals surface area contributed by atoms with Gasteiger partial charge in [0.25, 0.3) is 0 Å². The summed E-state index contributed by atoms with van der Waals surface area (Å²) in [6.45, 7) is 5.46. The Morgan fingerprint density at radius 3 is 2.06 bits per heavy atom. The summed E-state index contributed by atoms with van der Waals surface area (Å²) in [5, 5.41) is 14.9. The van der Waals surface area contributed by atoms with Crippen LogP contribution in [0.4, 0.5) is 0 Å². The van der Waals surface area contributed by atoms with Crippen LogP contribution in [0.1, 0.15) is 40.7 Å². The minimum absolute atomic E-state index is 0.176. The lowest BCUT2D eigenvalue weighted by atomic mass is 9.86. The third kappa shape index (κ3) is 8.00. The highest BCUT2D eigenvalue weighted by atomic mass is 16.6. The Bertz CT molecular complexity index is 1060. The van der Waals surface area contributed by atoms with Crippen molar-refractivity contribution in [2.45, 2.75) is 38.8 Å². The molecule has 0 amide bonds.